The molecule has 5 heteroatoms. The number of hydrogen-bond donors (Lipinski definition) is 2. The zero-order valence-corrected chi connectivity index (χ0v) is 11.0. The Hall–Kier alpha value is -1.88. The third kappa shape index (κ3) is 3.07. The Morgan fingerprint density at radius 1 is 1.44 bits per heavy atom. The van der Waals surface area contributed by atoms with Crippen LogP contribution >= 0.6 is 11.3 Å². The van der Waals surface area contributed by atoms with Crippen molar-refractivity contribution in [2.75, 3.05) is 6.61 Å². The van der Waals surface area contributed by atoms with Crippen LogP contribution in [0.15, 0.2) is 30.5 Å². The normalized spacial score (nSPS) is 10.3. The zero-order valence-electron chi connectivity index (χ0n) is 10.1. The van der Waals surface area contributed by atoms with Crippen LogP contribution in [-0.2, 0) is 6.42 Å². The highest BCUT2D eigenvalue weighted by molar-refractivity contribution is 7.13. The fourth-order valence-electron chi connectivity index (χ4n) is 1.52. The number of nitrogens with two attached hydrogens (primary N) is 1. The lowest BCUT2D eigenvalue weighted by Crippen LogP contribution is -2.08. The van der Waals surface area contributed by atoms with E-state index in [0.717, 1.165) is 22.7 Å². The molecule has 18 heavy (non-hydrogen) atoms. The minimum absolute atomic E-state index is 0.0681. The Morgan fingerprint density at radius 3 is 2.89 bits per heavy atom. The largest absolute Gasteiger partial charge is 0.493 e. The van der Waals surface area contributed by atoms with Crippen molar-refractivity contribution in [1.82, 2.24) is 4.98 Å². The molecular formula is C13H15N3OS. The van der Waals surface area contributed by atoms with Gasteiger partial charge >= 0.3 is 0 Å². The molecule has 2 aromatic rings. The van der Waals surface area contributed by atoms with Gasteiger partial charge in [0, 0.05) is 12.6 Å². The second-order valence-corrected chi connectivity index (χ2v) is 5.01. The molecule has 2 rings (SSSR count). The molecule has 0 aliphatic heterocycles. The zero-order chi connectivity index (χ0) is 13.0. The highest BCUT2D eigenvalue weighted by atomic mass is 32.1. The second-order valence-electron chi connectivity index (χ2n) is 3.90. The standard InChI is InChI=1S/C13H15N3OS/c1-9-4-2-3-5-10(9)17-7-6-12-16-8-11(18-12)13(14)15/h2-5,8H,6-7H2,1H3,(H3,14,15). The Bertz CT molecular complexity index is 551. The van der Waals surface area contributed by atoms with Crippen molar-refractivity contribution in [3.63, 3.8) is 0 Å². The van der Waals surface area contributed by atoms with Crippen molar-refractivity contribution in [1.29, 1.82) is 5.41 Å². The van der Waals surface area contributed by atoms with Crippen molar-refractivity contribution in [3.05, 3.63) is 45.9 Å². The third-order valence-corrected chi connectivity index (χ3v) is 3.58. The third-order valence-electron chi connectivity index (χ3n) is 2.49. The summed E-state index contributed by atoms with van der Waals surface area (Å²) in [5, 5.41) is 8.24. The van der Waals surface area contributed by atoms with Crippen LogP contribution in [0.1, 0.15) is 15.4 Å². The van der Waals surface area contributed by atoms with Crippen molar-refractivity contribution in [2.24, 2.45) is 5.73 Å². The summed E-state index contributed by atoms with van der Waals surface area (Å²) >= 11 is 1.44. The number of nitrogens with zero attached hydrogens (tertiary/aromatic N) is 1. The molecule has 1 heterocycles. The summed E-state index contributed by atoms with van der Waals surface area (Å²) in [5.41, 5.74) is 6.52. The van der Waals surface area contributed by atoms with Crippen LogP contribution in [0.4, 0.5) is 0 Å². The first kappa shape index (κ1) is 12.6. The number of hydrogen-bond acceptors (Lipinski definition) is 4. The van der Waals surface area contributed by atoms with Gasteiger partial charge in [-0.2, -0.15) is 0 Å². The van der Waals surface area contributed by atoms with Crippen LogP contribution in [0, 0.1) is 12.3 Å². The molecule has 0 atom stereocenters. The second kappa shape index (κ2) is 5.64. The van der Waals surface area contributed by atoms with Crippen LogP contribution in [0.5, 0.6) is 5.75 Å². The van der Waals surface area contributed by atoms with E-state index in [9.17, 15) is 0 Å². The summed E-state index contributed by atoms with van der Waals surface area (Å²) in [4.78, 5) is 4.92. The summed E-state index contributed by atoms with van der Waals surface area (Å²) in [5.74, 6) is 0.972. The monoisotopic (exact) mass is 261 g/mol. The summed E-state index contributed by atoms with van der Waals surface area (Å²) in [6.07, 6.45) is 2.36. The number of ether oxygens (including phenoxy) is 1. The molecular weight excluding hydrogens is 246 g/mol. The molecule has 0 bridgehead atoms. The van der Waals surface area contributed by atoms with Crippen molar-refractivity contribution >= 4 is 17.2 Å². The molecule has 0 saturated heterocycles. The molecule has 0 radical (unpaired) electrons. The molecule has 0 fully saturated rings. The number of benzene rings is 1. The molecule has 0 amide bonds. The number of aryl methyl sites for hydroxylation is 1. The predicted octanol–water partition coefficient (Wildman–Crippen LogP) is 2.36. The molecule has 4 nitrogen and oxygen atoms in total. The van der Waals surface area contributed by atoms with Gasteiger partial charge < -0.3 is 10.5 Å². The summed E-state index contributed by atoms with van der Waals surface area (Å²) < 4.78 is 5.69. The average Bonchev–Trinajstić information content (AvgIpc) is 2.80. The smallest absolute Gasteiger partial charge is 0.134 e. The molecule has 1 aromatic heterocycles. The van der Waals surface area contributed by atoms with Crippen LogP contribution in [0.25, 0.3) is 0 Å². The lowest BCUT2D eigenvalue weighted by atomic mass is 10.2. The number of aromatic nitrogens is 1. The first-order valence-electron chi connectivity index (χ1n) is 5.64. The van der Waals surface area contributed by atoms with E-state index in [1.807, 2.05) is 31.2 Å². The van der Waals surface area contributed by atoms with Gasteiger partial charge in [-0.3, -0.25) is 5.41 Å². The maximum atomic E-state index is 7.31. The summed E-state index contributed by atoms with van der Waals surface area (Å²) in [6, 6.07) is 7.92. The fourth-order valence-corrected chi connectivity index (χ4v) is 2.28. The van der Waals surface area contributed by atoms with E-state index in [2.05, 4.69) is 4.98 Å². The van der Waals surface area contributed by atoms with Gasteiger partial charge in [-0.1, -0.05) is 18.2 Å². The van der Waals surface area contributed by atoms with Gasteiger partial charge in [-0.05, 0) is 18.6 Å². The first-order valence-corrected chi connectivity index (χ1v) is 6.46. The van der Waals surface area contributed by atoms with Gasteiger partial charge in [0.1, 0.15) is 11.6 Å². The van der Waals surface area contributed by atoms with E-state index in [1.165, 1.54) is 11.3 Å². The van der Waals surface area contributed by atoms with Crippen molar-refractivity contribution < 1.29 is 4.74 Å². The SMILES string of the molecule is Cc1ccccc1OCCc1ncc(C(=N)N)s1. The van der Waals surface area contributed by atoms with Crippen LogP contribution in [0.3, 0.4) is 0 Å². The summed E-state index contributed by atoms with van der Waals surface area (Å²) in [6.45, 7) is 2.60. The maximum Gasteiger partial charge on any atom is 0.134 e. The highest BCUT2D eigenvalue weighted by Gasteiger charge is 2.05. The lowest BCUT2D eigenvalue weighted by molar-refractivity contribution is 0.319. The molecule has 94 valence electrons. The van der Waals surface area contributed by atoms with Gasteiger partial charge in [0.15, 0.2) is 0 Å². The number of amidine groups is 1. The van der Waals surface area contributed by atoms with Gasteiger partial charge in [0.25, 0.3) is 0 Å². The van der Waals surface area contributed by atoms with E-state index in [-0.39, 0.29) is 5.84 Å². The number of rotatable bonds is 5. The van der Waals surface area contributed by atoms with Gasteiger partial charge in [0.2, 0.25) is 0 Å². The Balaban J connectivity index is 1.88. The lowest BCUT2D eigenvalue weighted by Gasteiger charge is -2.07. The Labute approximate surface area is 110 Å². The van der Waals surface area contributed by atoms with Gasteiger partial charge in [0.05, 0.1) is 16.5 Å². The van der Waals surface area contributed by atoms with E-state index in [4.69, 9.17) is 15.9 Å². The van der Waals surface area contributed by atoms with Crippen molar-refractivity contribution in [2.45, 2.75) is 13.3 Å². The van der Waals surface area contributed by atoms with E-state index >= 15 is 0 Å². The molecule has 3 N–H and O–H groups in total. The number of nitrogen functional groups attached to an aromatic ring is 1. The number of thiazole rings is 1. The van der Waals surface area contributed by atoms with Crippen LogP contribution < -0.4 is 10.5 Å². The maximum absolute atomic E-state index is 7.31. The topological polar surface area (TPSA) is 72.0 Å². The van der Waals surface area contributed by atoms with E-state index in [0.29, 0.717) is 11.5 Å². The van der Waals surface area contributed by atoms with Crippen LogP contribution in [0.2, 0.25) is 0 Å². The van der Waals surface area contributed by atoms with Gasteiger partial charge in [-0.15, -0.1) is 11.3 Å². The number of para-hydroxylation sites is 1. The average molecular weight is 261 g/mol. The minimum atomic E-state index is 0.0681. The molecule has 1 aromatic carbocycles. The van der Waals surface area contributed by atoms with Gasteiger partial charge in [-0.25, -0.2) is 4.98 Å². The Morgan fingerprint density at radius 2 is 2.22 bits per heavy atom. The van der Waals surface area contributed by atoms with E-state index < -0.39 is 0 Å². The van der Waals surface area contributed by atoms with Crippen LogP contribution in [-0.4, -0.2) is 17.4 Å². The Kier molecular flexibility index (Phi) is 3.94. The predicted molar refractivity (Wildman–Crippen MR) is 73.5 cm³/mol. The highest BCUT2D eigenvalue weighted by Crippen LogP contribution is 2.17. The minimum Gasteiger partial charge on any atom is -0.493 e. The quantitative estimate of drug-likeness (QED) is 0.641. The molecule has 0 unspecified atom stereocenters. The number of nitrogens with one attached hydrogen (secondary N) is 1. The molecule has 0 aliphatic rings. The molecule has 0 aliphatic carbocycles. The van der Waals surface area contributed by atoms with E-state index in [1.54, 1.807) is 6.20 Å². The molecule has 0 spiro atoms. The summed E-state index contributed by atoms with van der Waals surface area (Å²) in [7, 11) is 0. The molecule has 0 saturated carbocycles. The van der Waals surface area contributed by atoms with Crippen molar-refractivity contribution in [3.8, 4) is 5.75 Å². The fraction of sp³-hybridized carbons (Fsp3) is 0.231. The first-order chi connectivity index (χ1) is 8.66.